The fraction of sp³-hybridized carbons (Fsp3) is 0.625. The lowest BCUT2D eigenvalue weighted by Crippen LogP contribution is -2.50. The van der Waals surface area contributed by atoms with Gasteiger partial charge in [0.25, 0.3) is 0 Å². The SMILES string of the molecule is Cc1cc(Cl)ccc1CN1CCN([C@@H]2CCS(=O)(=O)C2)CC1. The van der Waals surface area contributed by atoms with E-state index in [1.54, 1.807) is 0 Å². The average Bonchev–Trinajstić information content (AvgIpc) is 2.83. The van der Waals surface area contributed by atoms with Gasteiger partial charge in [-0.1, -0.05) is 17.7 Å². The van der Waals surface area contributed by atoms with Gasteiger partial charge >= 0.3 is 0 Å². The fourth-order valence-corrected chi connectivity index (χ4v) is 5.42. The van der Waals surface area contributed by atoms with Gasteiger partial charge in [-0.15, -0.1) is 0 Å². The molecule has 1 atom stereocenters. The van der Waals surface area contributed by atoms with Gasteiger partial charge in [-0.05, 0) is 36.6 Å². The second-order valence-corrected chi connectivity index (χ2v) is 9.10. The number of aryl methyl sites for hydroxylation is 1. The van der Waals surface area contributed by atoms with Gasteiger partial charge in [-0.3, -0.25) is 9.80 Å². The fourth-order valence-electron chi connectivity index (χ4n) is 3.43. The van der Waals surface area contributed by atoms with Crippen molar-refractivity contribution in [2.24, 2.45) is 0 Å². The number of nitrogens with zero attached hydrogens (tertiary/aromatic N) is 2. The highest BCUT2D eigenvalue weighted by molar-refractivity contribution is 7.91. The highest BCUT2D eigenvalue weighted by Gasteiger charge is 2.33. The van der Waals surface area contributed by atoms with Crippen LogP contribution in [0.25, 0.3) is 0 Å². The van der Waals surface area contributed by atoms with E-state index in [1.165, 1.54) is 11.1 Å². The summed E-state index contributed by atoms with van der Waals surface area (Å²) in [5.74, 6) is 0.713. The van der Waals surface area contributed by atoms with E-state index < -0.39 is 9.84 Å². The first-order chi connectivity index (χ1) is 10.4. The van der Waals surface area contributed by atoms with Gasteiger partial charge in [-0.25, -0.2) is 8.42 Å². The second-order valence-electron chi connectivity index (χ2n) is 6.44. The maximum atomic E-state index is 11.6. The van der Waals surface area contributed by atoms with Gasteiger partial charge in [0, 0.05) is 43.8 Å². The van der Waals surface area contributed by atoms with Crippen molar-refractivity contribution in [2.75, 3.05) is 37.7 Å². The molecule has 1 aromatic rings. The molecule has 0 amide bonds. The van der Waals surface area contributed by atoms with Crippen molar-refractivity contribution in [3.8, 4) is 0 Å². The monoisotopic (exact) mass is 342 g/mol. The van der Waals surface area contributed by atoms with Gasteiger partial charge in [0.05, 0.1) is 11.5 Å². The molecule has 0 radical (unpaired) electrons. The van der Waals surface area contributed by atoms with Crippen LogP contribution in [-0.4, -0.2) is 61.9 Å². The van der Waals surface area contributed by atoms with Gasteiger partial charge in [0.1, 0.15) is 0 Å². The summed E-state index contributed by atoms with van der Waals surface area (Å²) in [6.07, 6.45) is 0.804. The van der Waals surface area contributed by atoms with Crippen LogP contribution in [-0.2, 0) is 16.4 Å². The molecule has 0 N–H and O–H groups in total. The second kappa shape index (κ2) is 6.48. The first kappa shape index (κ1) is 16.2. The van der Waals surface area contributed by atoms with Crippen molar-refractivity contribution in [1.29, 1.82) is 0 Å². The molecular formula is C16H23ClN2O2S. The maximum absolute atomic E-state index is 11.6. The lowest BCUT2D eigenvalue weighted by molar-refractivity contribution is 0.0999. The highest BCUT2D eigenvalue weighted by atomic mass is 35.5. The Balaban J connectivity index is 1.54. The van der Waals surface area contributed by atoms with Crippen LogP contribution in [0.2, 0.25) is 5.02 Å². The third-order valence-electron chi connectivity index (χ3n) is 4.83. The first-order valence-electron chi connectivity index (χ1n) is 7.85. The van der Waals surface area contributed by atoms with E-state index in [0.29, 0.717) is 11.5 Å². The lowest BCUT2D eigenvalue weighted by Gasteiger charge is -2.37. The predicted octanol–water partition coefficient (Wildman–Crippen LogP) is 1.95. The zero-order valence-corrected chi connectivity index (χ0v) is 14.5. The molecule has 0 saturated carbocycles. The molecular weight excluding hydrogens is 320 g/mol. The lowest BCUT2D eigenvalue weighted by atomic mass is 10.1. The third kappa shape index (κ3) is 3.82. The Kier molecular flexibility index (Phi) is 4.78. The smallest absolute Gasteiger partial charge is 0.151 e. The molecule has 3 rings (SSSR count). The van der Waals surface area contributed by atoms with E-state index in [4.69, 9.17) is 11.6 Å². The number of halogens is 1. The third-order valence-corrected chi connectivity index (χ3v) is 6.82. The van der Waals surface area contributed by atoms with E-state index in [0.717, 1.165) is 44.2 Å². The van der Waals surface area contributed by atoms with E-state index in [9.17, 15) is 8.42 Å². The minimum Gasteiger partial charge on any atom is -0.297 e. The summed E-state index contributed by atoms with van der Waals surface area (Å²) in [6.45, 7) is 6.97. The molecule has 22 heavy (non-hydrogen) atoms. The zero-order valence-electron chi connectivity index (χ0n) is 13.0. The number of hydrogen-bond acceptors (Lipinski definition) is 4. The van der Waals surface area contributed by atoms with Crippen LogP contribution in [0.15, 0.2) is 18.2 Å². The van der Waals surface area contributed by atoms with Crippen LogP contribution in [0.5, 0.6) is 0 Å². The predicted molar refractivity (Wildman–Crippen MR) is 90.1 cm³/mol. The normalized spacial score (nSPS) is 26.4. The van der Waals surface area contributed by atoms with Gasteiger partial charge < -0.3 is 0 Å². The Morgan fingerprint density at radius 1 is 1.23 bits per heavy atom. The quantitative estimate of drug-likeness (QED) is 0.842. The summed E-state index contributed by atoms with van der Waals surface area (Å²) in [5, 5.41) is 0.786. The number of sulfone groups is 1. The minimum absolute atomic E-state index is 0.240. The Hall–Kier alpha value is -0.620. The molecule has 0 bridgehead atoms. The molecule has 2 saturated heterocycles. The van der Waals surface area contributed by atoms with Gasteiger partial charge in [0.15, 0.2) is 9.84 Å². The summed E-state index contributed by atoms with van der Waals surface area (Å²) < 4.78 is 23.2. The Labute approximate surface area is 138 Å². The van der Waals surface area contributed by atoms with Crippen molar-refractivity contribution in [2.45, 2.75) is 25.9 Å². The van der Waals surface area contributed by atoms with E-state index in [1.807, 2.05) is 12.1 Å². The van der Waals surface area contributed by atoms with Crippen LogP contribution in [0.3, 0.4) is 0 Å². The van der Waals surface area contributed by atoms with Crippen molar-refractivity contribution >= 4 is 21.4 Å². The summed E-state index contributed by atoms with van der Waals surface area (Å²) in [7, 11) is -2.78. The highest BCUT2D eigenvalue weighted by Crippen LogP contribution is 2.21. The topological polar surface area (TPSA) is 40.6 Å². The number of benzene rings is 1. The van der Waals surface area contributed by atoms with Gasteiger partial charge in [-0.2, -0.15) is 0 Å². The van der Waals surface area contributed by atoms with E-state index in [2.05, 4.69) is 22.8 Å². The standard InChI is InChI=1S/C16H23ClN2O2S/c1-13-10-15(17)3-2-14(13)11-18-5-7-19(8-6-18)16-4-9-22(20,21)12-16/h2-3,10,16H,4-9,11-12H2,1H3/t16-/m1/s1. The molecule has 4 nitrogen and oxygen atoms in total. The number of rotatable bonds is 3. The van der Waals surface area contributed by atoms with E-state index >= 15 is 0 Å². The summed E-state index contributed by atoms with van der Waals surface area (Å²) in [6, 6.07) is 6.30. The molecule has 0 aromatic heterocycles. The molecule has 1 aromatic carbocycles. The molecule has 0 spiro atoms. The largest absolute Gasteiger partial charge is 0.297 e. The van der Waals surface area contributed by atoms with Crippen LogP contribution in [0.1, 0.15) is 17.5 Å². The van der Waals surface area contributed by atoms with Crippen LogP contribution in [0, 0.1) is 6.92 Å². The van der Waals surface area contributed by atoms with Crippen molar-refractivity contribution in [3.05, 3.63) is 34.3 Å². The molecule has 2 aliphatic rings. The van der Waals surface area contributed by atoms with Crippen molar-refractivity contribution in [1.82, 2.24) is 9.80 Å². The molecule has 2 aliphatic heterocycles. The minimum atomic E-state index is -2.78. The summed E-state index contributed by atoms with van der Waals surface area (Å²) in [4.78, 5) is 4.80. The zero-order chi connectivity index (χ0) is 15.7. The summed E-state index contributed by atoms with van der Waals surface area (Å²) >= 11 is 6.01. The molecule has 2 heterocycles. The number of hydrogen-bond donors (Lipinski definition) is 0. The van der Waals surface area contributed by atoms with Crippen LogP contribution >= 0.6 is 11.6 Å². The molecule has 6 heteroatoms. The molecule has 0 unspecified atom stereocenters. The Bertz CT molecular complexity index is 640. The molecule has 2 fully saturated rings. The Morgan fingerprint density at radius 3 is 2.55 bits per heavy atom. The first-order valence-corrected chi connectivity index (χ1v) is 10.0. The van der Waals surface area contributed by atoms with Gasteiger partial charge in [0.2, 0.25) is 0 Å². The molecule has 122 valence electrons. The summed E-state index contributed by atoms with van der Waals surface area (Å²) in [5.41, 5.74) is 2.55. The van der Waals surface area contributed by atoms with E-state index in [-0.39, 0.29) is 6.04 Å². The average molecular weight is 343 g/mol. The Morgan fingerprint density at radius 2 is 1.95 bits per heavy atom. The van der Waals surface area contributed by atoms with Crippen LogP contribution < -0.4 is 0 Å². The maximum Gasteiger partial charge on any atom is 0.151 e. The molecule has 0 aliphatic carbocycles. The number of piperazine rings is 1. The van der Waals surface area contributed by atoms with Crippen molar-refractivity contribution in [3.63, 3.8) is 0 Å². The van der Waals surface area contributed by atoms with Crippen LogP contribution in [0.4, 0.5) is 0 Å². The van der Waals surface area contributed by atoms with Crippen molar-refractivity contribution < 1.29 is 8.42 Å².